The topological polar surface area (TPSA) is 72.3 Å². The number of rotatable bonds is 6. The fourth-order valence-electron chi connectivity index (χ4n) is 2.78. The van der Waals surface area contributed by atoms with Gasteiger partial charge in [0.1, 0.15) is 21.9 Å². The second kappa shape index (κ2) is 7.21. The number of likely N-dealkylation sites (N-methyl/N-ethyl adjacent to an activating group) is 1. The summed E-state index contributed by atoms with van der Waals surface area (Å²) in [6.45, 7) is 2.61. The molecule has 0 saturated heterocycles. The van der Waals surface area contributed by atoms with Crippen molar-refractivity contribution < 1.29 is 17.6 Å². The molecule has 0 N–H and O–H groups in total. The first-order chi connectivity index (χ1) is 12.7. The maximum absolute atomic E-state index is 13.6. The van der Waals surface area contributed by atoms with Crippen molar-refractivity contribution >= 4 is 26.7 Å². The summed E-state index contributed by atoms with van der Waals surface area (Å²) < 4.78 is 41.6. The molecule has 2 aromatic heterocycles. The van der Waals surface area contributed by atoms with E-state index in [1.807, 2.05) is 19.0 Å². The Bertz CT molecular complexity index is 1120. The molecule has 27 heavy (non-hydrogen) atoms. The highest BCUT2D eigenvalue weighted by Gasteiger charge is 2.25. The van der Waals surface area contributed by atoms with Crippen molar-refractivity contribution in [2.45, 2.75) is 23.3 Å². The van der Waals surface area contributed by atoms with Gasteiger partial charge in [0, 0.05) is 26.2 Å². The monoisotopic (exact) mass is 389 g/mol. The zero-order chi connectivity index (χ0) is 19.8. The van der Waals surface area contributed by atoms with Crippen LogP contribution < -0.4 is 0 Å². The number of halogens is 1. The molecule has 0 spiro atoms. The van der Waals surface area contributed by atoms with E-state index in [4.69, 9.17) is 0 Å². The van der Waals surface area contributed by atoms with Crippen LogP contribution in [0.25, 0.3) is 11.0 Å². The van der Waals surface area contributed by atoms with Crippen molar-refractivity contribution in [1.29, 1.82) is 0 Å². The number of pyridine rings is 1. The highest BCUT2D eigenvalue weighted by Crippen LogP contribution is 2.29. The second-order valence-electron chi connectivity index (χ2n) is 6.57. The van der Waals surface area contributed by atoms with Crippen LogP contribution in [-0.2, 0) is 16.4 Å². The molecule has 0 aliphatic heterocycles. The third kappa shape index (κ3) is 3.77. The fourth-order valence-corrected chi connectivity index (χ4v) is 4.23. The molecule has 1 aromatic carbocycles. The molecule has 0 fully saturated rings. The SMILES string of the molecule is CC(=O)c1ccc2c(n1)c(S(=O)(=O)c1cccc(F)c1)cn2CCN(C)C. The van der Waals surface area contributed by atoms with Gasteiger partial charge in [0.05, 0.1) is 10.4 Å². The van der Waals surface area contributed by atoms with Gasteiger partial charge < -0.3 is 9.47 Å². The first-order valence-corrected chi connectivity index (χ1v) is 9.84. The van der Waals surface area contributed by atoms with Crippen LogP contribution in [0.3, 0.4) is 0 Å². The molecular formula is C19H20FN3O3S. The van der Waals surface area contributed by atoms with Gasteiger partial charge in [-0.25, -0.2) is 17.8 Å². The van der Waals surface area contributed by atoms with Crippen LogP contribution in [-0.4, -0.2) is 49.3 Å². The Hall–Kier alpha value is -2.58. The summed E-state index contributed by atoms with van der Waals surface area (Å²) in [4.78, 5) is 17.8. The van der Waals surface area contributed by atoms with Crippen LogP contribution in [0.1, 0.15) is 17.4 Å². The van der Waals surface area contributed by atoms with E-state index in [1.165, 1.54) is 31.3 Å². The lowest BCUT2D eigenvalue weighted by atomic mass is 10.2. The number of carbonyl (C=O) groups excluding carboxylic acids is 1. The molecule has 142 valence electrons. The highest BCUT2D eigenvalue weighted by molar-refractivity contribution is 7.91. The van der Waals surface area contributed by atoms with Crippen LogP contribution in [0.4, 0.5) is 4.39 Å². The third-order valence-electron chi connectivity index (χ3n) is 4.23. The standard InChI is InChI=1S/C19H20FN3O3S/c1-13(24)16-7-8-17-19(21-16)18(12-23(17)10-9-22(2)3)27(25,26)15-6-4-5-14(20)11-15/h4-8,11-12H,9-10H2,1-3H3. The van der Waals surface area contributed by atoms with Crippen molar-refractivity contribution in [3.05, 3.63) is 54.1 Å². The van der Waals surface area contributed by atoms with Crippen LogP contribution in [0.15, 0.2) is 52.4 Å². The maximum Gasteiger partial charge on any atom is 0.210 e. The maximum atomic E-state index is 13.6. The number of hydrogen-bond donors (Lipinski definition) is 0. The highest BCUT2D eigenvalue weighted by atomic mass is 32.2. The summed E-state index contributed by atoms with van der Waals surface area (Å²) in [5, 5.41) is 0. The van der Waals surface area contributed by atoms with Crippen molar-refractivity contribution in [3.63, 3.8) is 0 Å². The Labute approximate surface area is 157 Å². The molecule has 3 aromatic rings. The molecule has 0 atom stereocenters. The van der Waals surface area contributed by atoms with E-state index in [2.05, 4.69) is 4.98 Å². The van der Waals surface area contributed by atoms with Crippen LogP contribution >= 0.6 is 0 Å². The van der Waals surface area contributed by atoms with E-state index >= 15 is 0 Å². The molecule has 8 heteroatoms. The number of Topliss-reactive ketones (excluding diaryl/α,β-unsaturated/α-hetero) is 1. The van der Waals surface area contributed by atoms with Crippen LogP contribution in [0, 0.1) is 5.82 Å². The lowest BCUT2D eigenvalue weighted by Gasteiger charge is -2.10. The van der Waals surface area contributed by atoms with Crippen molar-refractivity contribution in [1.82, 2.24) is 14.5 Å². The largest absolute Gasteiger partial charge is 0.344 e. The van der Waals surface area contributed by atoms with Gasteiger partial charge in [-0.1, -0.05) is 6.07 Å². The molecule has 0 aliphatic carbocycles. The molecule has 2 heterocycles. The van der Waals surface area contributed by atoms with E-state index in [1.54, 1.807) is 16.7 Å². The quantitative estimate of drug-likeness (QED) is 0.606. The summed E-state index contributed by atoms with van der Waals surface area (Å²) in [6, 6.07) is 8.13. The Balaban J connectivity index is 2.24. The molecule has 0 unspecified atom stereocenters. The van der Waals surface area contributed by atoms with E-state index in [9.17, 15) is 17.6 Å². The Morgan fingerprint density at radius 1 is 1.22 bits per heavy atom. The zero-order valence-corrected chi connectivity index (χ0v) is 16.1. The minimum atomic E-state index is -4.00. The number of carbonyl (C=O) groups is 1. The number of sulfone groups is 1. The molecular weight excluding hydrogens is 369 g/mol. The Morgan fingerprint density at radius 3 is 2.59 bits per heavy atom. The second-order valence-corrected chi connectivity index (χ2v) is 8.49. The summed E-state index contributed by atoms with van der Waals surface area (Å²) in [5.41, 5.74) is 1.01. The summed E-state index contributed by atoms with van der Waals surface area (Å²) in [5.74, 6) is -0.892. The first-order valence-electron chi connectivity index (χ1n) is 8.36. The Morgan fingerprint density at radius 2 is 1.96 bits per heavy atom. The van der Waals surface area contributed by atoms with Gasteiger partial charge >= 0.3 is 0 Å². The smallest absolute Gasteiger partial charge is 0.210 e. The summed E-state index contributed by atoms with van der Waals surface area (Å²) in [7, 11) is -0.159. The van der Waals surface area contributed by atoms with Gasteiger partial charge in [0.25, 0.3) is 0 Å². The van der Waals surface area contributed by atoms with Crippen molar-refractivity contribution in [3.8, 4) is 0 Å². The summed E-state index contributed by atoms with van der Waals surface area (Å²) >= 11 is 0. The number of ketones is 1. The fraction of sp³-hybridized carbons (Fsp3) is 0.263. The van der Waals surface area contributed by atoms with E-state index in [0.29, 0.717) is 18.6 Å². The zero-order valence-electron chi connectivity index (χ0n) is 15.3. The van der Waals surface area contributed by atoms with E-state index < -0.39 is 15.7 Å². The van der Waals surface area contributed by atoms with Gasteiger partial charge in [-0.3, -0.25) is 4.79 Å². The molecule has 3 rings (SSSR count). The molecule has 0 bridgehead atoms. The Kier molecular flexibility index (Phi) is 5.12. The normalized spacial score (nSPS) is 12.0. The van der Waals surface area contributed by atoms with Gasteiger partial charge in [0.15, 0.2) is 5.78 Å². The van der Waals surface area contributed by atoms with Crippen molar-refractivity contribution in [2.75, 3.05) is 20.6 Å². The average Bonchev–Trinajstić information content (AvgIpc) is 2.98. The van der Waals surface area contributed by atoms with Gasteiger partial charge in [0.2, 0.25) is 9.84 Å². The number of aromatic nitrogens is 2. The number of benzene rings is 1. The van der Waals surface area contributed by atoms with E-state index in [0.717, 1.165) is 6.07 Å². The van der Waals surface area contributed by atoms with Crippen LogP contribution in [0.5, 0.6) is 0 Å². The minimum Gasteiger partial charge on any atom is -0.344 e. The van der Waals surface area contributed by atoms with Crippen LogP contribution in [0.2, 0.25) is 0 Å². The van der Waals surface area contributed by atoms with Gasteiger partial charge in [-0.05, 0) is 44.4 Å². The minimum absolute atomic E-state index is 0.0371. The molecule has 0 saturated carbocycles. The molecule has 0 aliphatic rings. The average molecular weight is 389 g/mol. The predicted octanol–water partition coefficient (Wildman–Crippen LogP) is 2.77. The first kappa shape index (κ1) is 19.2. The number of hydrogen-bond acceptors (Lipinski definition) is 5. The molecule has 6 nitrogen and oxygen atoms in total. The van der Waals surface area contributed by atoms with E-state index in [-0.39, 0.29) is 26.8 Å². The van der Waals surface area contributed by atoms with Crippen molar-refractivity contribution in [2.24, 2.45) is 0 Å². The molecule has 0 amide bonds. The number of nitrogens with zero attached hydrogens (tertiary/aromatic N) is 3. The third-order valence-corrected chi connectivity index (χ3v) is 5.99. The summed E-state index contributed by atoms with van der Waals surface area (Å²) in [6.07, 6.45) is 1.51. The van der Waals surface area contributed by atoms with Gasteiger partial charge in [-0.15, -0.1) is 0 Å². The lowest BCUT2D eigenvalue weighted by Crippen LogP contribution is -2.18. The van der Waals surface area contributed by atoms with Gasteiger partial charge in [-0.2, -0.15) is 0 Å². The number of fused-ring (bicyclic) bond motifs is 1. The lowest BCUT2D eigenvalue weighted by molar-refractivity contribution is 0.101. The molecule has 0 radical (unpaired) electrons. The predicted molar refractivity (Wildman–Crippen MR) is 100 cm³/mol.